The van der Waals surface area contributed by atoms with Gasteiger partial charge in [0, 0.05) is 16.9 Å². The van der Waals surface area contributed by atoms with E-state index < -0.39 is 11.9 Å². The van der Waals surface area contributed by atoms with Crippen LogP contribution in [-0.2, 0) is 19.2 Å². The third-order valence-electron chi connectivity index (χ3n) is 7.47. The van der Waals surface area contributed by atoms with Crippen molar-refractivity contribution >= 4 is 40.8 Å². The zero-order valence-electron chi connectivity index (χ0n) is 17.8. The first-order chi connectivity index (χ1) is 16.0. The summed E-state index contributed by atoms with van der Waals surface area (Å²) in [6.07, 6.45) is 0.592. The number of rotatable bonds is 4. The van der Waals surface area contributed by atoms with Gasteiger partial charge < -0.3 is 9.57 Å². The third-order valence-corrected chi connectivity index (χ3v) is 7.72. The molecule has 2 amide bonds. The van der Waals surface area contributed by atoms with Gasteiger partial charge >= 0.3 is 5.97 Å². The summed E-state index contributed by atoms with van der Waals surface area (Å²) in [5, 5.41) is 4.99. The second-order valence-corrected chi connectivity index (χ2v) is 9.41. The summed E-state index contributed by atoms with van der Waals surface area (Å²) in [4.78, 5) is 45.9. The number of ether oxygens (including phenoxy) is 1. The Kier molecular flexibility index (Phi) is 4.59. The lowest BCUT2D eigenvalue weighted by atomic mass is 9.71. The van der Waals surface area contributed by atoms with E-state index in [9.17, 15) is 14.4 Å². The van der Waals surface area contributed by atoms with E-state index in [0.717, 1.165) is 17.7 Å². The van der Waals surface area contributed by atoms with E-state index in [4.69, 9.17) is 21.2 Å². The van der Waals surface area contributed by atoms with Crippen molar-refractivity contribution in [2.75, 3.05) is 11.5 Å². The minimum atomic E-state index is -0.433. The van der Waals surface area contributed by atoms with Gasteiger partial charge in [-0.1, -0.05) is 28.9 Å². The largest absolute Gasteiger partial charge is 0.462 e. The molecule has 1 saturated heterocycles. The second-order valence-electron chi connectivity index (χ2n) is 8.97. The van der Waals surface area contributed by atoms with E-state index in [1.807, 2.05) is 24.3 Å². The van der Waals surface area contributed by atoms with Crippen LogP contribution in [0.2, 0.25) is 5.02 Å². The number of benzene rings is 2. The van der Waals surface area contributed by atoms with Gasteiger partial charge in [-0.15, -0.1) is 0 Å². The fourth-order valence-electron chi connectivity index (χ4n) is 6.20. The molecular weight excluding hydrogens is 444 g/mol. The molecule has 168 valence electrons. The number of imide groups is 1. The minimum absolute atomic E-state index is 0.00202. The van der Waals surface area contributed by atoms with Gasteiger partial charge in [0.1, 0.15) is 6.10 Å². The number of carbonyl (C=O) groups is 3. The highest BCUT2D eigenvalue weighted by molar-refractivity contribution is 6.30. The number of oxime groups is 1. The SMILES string of the molecule is CCOC(=O)c1ccc(N2C(=O)[C@@H]3[C@H]4C[C@@H]([C@H]5ON=C(c6ccc(Cl)cc6)[C@@H]45)[C@H]3C2=O)cc1. The average Bonchev–Trinajstić information content (AvgIpc) is 3.55. The Balaban J connectivity index is 1.28. The van der Waals surface area contributed by atoms with E-state index in [-0.39, 0.29) is 48.2 Å². The van der Waals surface area contributed by atoms with Crippen molar-refractivity contribution < 1.29 is 24.0 Å². The summed E-state index contributed by atoms with van der Waals surface area (Å²) >= 11 is 6.03. The van der Waals surface area contributed by atoms with Crippen LogP contribution in [0.5, 0.6) is 0 Å². The normalized spacial score (nSPS) is 31.3. The summed E-state index contributed by atoms with van der Waals surface area (Å²) in [5.41, 5.74) is 2.62. The number of nitrogens with zero attached hydrogens (tertiary/aromatic N) is 2. The standard InChI is InChI=1S/C25H21ClN2O5/c1-2-32-25(31)13-5-9-15(10-6-13)28-23(29)18-16-11-17(19(18)24(28)30)22-20(16)21(27-33-22)12-3-7-14(26)8-4-12/h3-10,16-20,22H,2,11H2,1H3/t16-,17-,18-,19-,20-,22-/m1/s1. The molecule has 6 atom stereocenters. The van der Waals surface area contributed by atoms with Crippen LogP contribution in [0.3, 0.4) is 0 Å². The summed E-state index contributed by atoms with van der Waals surface area (Å²) in [7, 11) is 0. The van der Waals surface area contributed by atoms with Crippen LogP contribution in [0.25, 0.3) is 0 Å². The first-order valence-corrected chi connectivity index (χ1v) is 11.5. The Morgan fingerprint density at radius 1 is 1.03 bits per heavy atom. The van der Waals surface area contributed by atoms with Gasteiger partial charge in [-0.25, -0.2) is 4.79 Å². The number of halogens is 1. The zero-order chi connectivity index (χ0) is 22.9. The number of anilines is 1. The number of fused-ring (bicyclic) bond motifs is 8. The average molecular weight is 465 g/mol. The smallest absolute Gasteiger partial charge is 0.338 e. The van der Waals surface area contributed by atoms with Crippen LogP contribution in [-0.4, -0.2) is 36.2 Å². The highest BCUT2D eigenvalue weighted by atomic mass is 35.5. The van der Waals surface area contributed by atoms with Gasteiger partial charge in [0.15, 0.2) is 0 Å². The molecule has 2 aliphatic carbocycles. The minimum Gasteiger partial charge on any atom is -0.462 e. The van der Waals surface area contributed by atoms with Crippen LogP contribution in [0.4, 0.5) is 5.69 Å². The maximum Gasteiger partial charge on any atom is 0.338 e. The van der Waals surface area contributed by atoms with Crippen LogP contribution < -0.4 is 4.90 Å². The molecule has 2 bridgehead atoms. The summed E-state index contributed by atoms with van der Waals surface area (Å²) in [5.74, 6) is -1.63. The number of carbonyl (C=O) groups excluding carboxylic acids is 3. The molecule has 33 heavy (non-hydrogen) atoms. The molecule has 2 heterocycles. The number of esters is 1. The number of amides is 2. The van der Waals surface area contributed by atoms with Gasteiger partial charge in [0.25, 0.3) is 0 Å². The molecule has 0 radical (unpaired) electrons. The highest BCUT2D eigenvalue weighted by Gasteiger charge is 2.70. The molecule has 7 nitrogen and oxygen atoms in total. The lowest BCUT2D eigenvalue weighted by Crippen LogP contribution is -2.41. The second kappa shape index (κ2) is 7.42. The molecular formula is C25H21ClN2O5. The fraction of sp³-hybridized carbons (Fsp3) is 0.360. The Hall–Kier alpha value is -3.19. The molecule has 0 N–H and O–H groups in total. The molecule has 0 aromatic heterocycles. The van der Waals surface area contributed by atoms with E-state index in [2.05, 4.69) is 5.16 Å². The summed E-state index contributed by atoms with van der Waals surface area (Å²) in [6, 6.07) is 13.9. The fourth-order valence-corrected chi connectivity index (χ4v) is 6.33. The molecule has 2 aromatic carbocycles. The Morgan fingerprint density at radius 3 is 2.36 bits per heavy atom. The van der Waals surface area contributed by atoms with Crippen LogP contribution in [0, 0.1) is 29.6 Å². The molecule has 3 fully saturated rings. The maximum absolute atomic E-state index is 13.5. The predicted octanol–water partition coefficient (Wildman–Crippen LogP) is 3.69. The highest BCUT2D eigenvalue weighted by Crippen LogP contribution is 2.62. The first-order valence-electron chi connectivity index (χ1n) is 11.1. The van der Waals surface area contributed by atoms with Gasteiger partial charge in [-0.2, -0.15) is 0 Å². The Bertz CT molecular complexity index is 1190. The van der Waals surface area contributed by atoms with Crippen molar-refractivity contribution in [3.05, 3.63) is 64.7 Å². The lowest BCUT2D eigenvalue weighted by Gasteiger charge is -2.29. The molecule has 2 aliphatic heterocycles. The van der Waals surface area contributed by atoms with Crippen molar-refractivity contribution in [3.8, 4) is 0 Å². The molecule has 0 unspecified atom stereocenters. The van der Waals surface area contributed by atoms with E-state index in [0.29, 0.717) is 16.3 Å². The number of hydrogen-bond donors (Lipinski definition) is 0. The summed E-state index contributed by atoms with van der Waals surface area (Å²) < 4.78 is 5.01. The predicted molar refractivity (Wildman–Crippen MR) is 120 cm³/mol. The van der Waals surface area contributed by atoms with E-state index in [1.54, 1.807) is 31.2 Å². The zero-order valence-corrected chi connectivity index (χ0v) is 18.6. The molecule has 2 saturated carbocycles. The van der Waals surface area contributed by atoms with Crippen molar-refractivity contribution in [2.24, 2.45) is 34.7 Å². The molecule has 0 spiro atoms. The number of hydrogen-bond acceptors (Lipinski definition) is 6. The van der Waals surface area contributed by atoms with Crippen molar-refractivity contribution in [1.82, 2.24) is 0 Å². The molecule has 2 aromatic rings. The quantitative estimate of drug-likeness (QED) is 0.509. The first kappa shape index (κ1) is 20.4. The summed E-state index contributed by atoms with van der Waals surface area (Å²) in [6.45, 7) is 2.02. The van der Waals surface area contributed by atoms with Crippen molar-refractivity contribution in [2.45, 2.75) is 19.4 Å². The van der Waals surface area contributed by atoms with Crippen molar-refractivity contribution in [3.63, 3.8) is 0 Å². The van der Waals surface area contributed by atoms with Crippen LogP contribution in [0.15, 0.2) is 53.7 Å². The van der Waals surface area contributed by atoms with Crippen molar-refractivity contribution in [1.29, 1.82) is 0 Å². The van der Waals surface area contributed by atoms with Gasteiger partial charge in [-0.3, -0.25) is 14.5 Å². The lowest BCUT2D eigenvalue weighted by molar-refractivity contribution is -0.125. The Morgan fingerprint density at radius 2 is 1.70 bits per heavy atom. The molecule has 6 rings (SSSR count). The van der Waals surface area contributed by atoms with Gasteiger partial charge in [-0.05, 0) is 61.2 Å². The maximum atomic E-state index is 13.5. The van der Waals surface area contributed by atoms with E-state index >= 15 is 0 Å². The monoisotopic (exact) mass is 464 g/mol. The third kappa shape index (κ3) is 2.88. The van der Waals surface area contributed by atoms with E-state index in [1.165, 1.54) is 4.90 Å². The van der Waals surface area contributed by atoms with Gasteiger partial charge in [0.2, 0.25) is 11.8 Å². The van der Waals surface area contributed by atoms with Crippen LogP contribution in [0.1, 0.15) is 29.3 Å². The molecule has 4 aliphatic rings. The van der Waals surface area contributed by atoms with Gasteiger partial charge in [0.05, 0.1) is 35.4 Å². The topological polar surface area (TPSA) is 85.3 Å². The molecule has 8 heteroatoms. The van der Waals surface area contributed by atoms with Crippen LogP contribution >= 0.6 is 11.6 Å². The Labute approximate surface area is 195 Å².